The van der Waals surface area contributed by atoms with Crippen molar-refractivity contribution in [2.75, 3.05) is 23.3 Å². The number of nitrogens with one attached hydrogen (secondary N) is 1. The Balaban J connectivity index is 0.00000310. The first kappa shape index (κ1) is 49.5. The van der Waals surface area contributed by atoms with Crippen molar-refractivity contribution in [2.24, 2.45) is 0 Å². The number of aryl methyl sites for hydroxylation is 6. The average molecular weight is 861 g/mol. The Hall–Kier alpha value is -3.84. The van der Waals surface area contributed by atoms with E-state index in [1.807, 2.05) is 0 Å². The van der Waals surface area contributed by atoms with Gasteiger partial charge in [0.2, 0.25) is 16.6 Å². The van der Waals surface area contributed by atoms with Crippen molar-refractivity contribution < 1.29 is 50.9 Å². The number of nitrogens with two attached hydrogens (primary N) is 2. The fourth-order valence-corrected chi connectivity index (χ4v) is 8.85. The van der Waals surface area contributed by atoms with Gasteiger partial charge in [-0.1, -0.05) is 94.2 Å². The summed E-state index contributed by atoms with van der Waals surface area (Å²) in [4.78, 5) is 0. The normalized spacial score (nSPS) is 11.0. The topological polar surface area (TPSA) is 75.7 Å². The second-order valence-electron chi connectivity index (χ2n) is 16.3. The standard InChI is InChI=1S/C50H66N6.3ClH/c1-39-36-45(51)42-26-16-19-29-48(42)54(39)33-23-13-9-5-4-8-12-22-32-53-47-38-41(3)56(50-31-21-18-28-44(47)50)35-25-15-11-7-6-10-14-24-34-55-40(2)37-46(52)43-27-17-20-30-49(43)55;;;/h16-21,26-31,36-38,51-52H,4-15,22-25,32-35H2,1-3H3;3*1H. The summed E-state index contributed by atoms with van der Waals surface area (Å²) < 4.78 is 7.42. The van der Waals surface area contributed by atoms with Crippen molar-refractivity contribution in [3.8, 4) is 0 Å². The van der Waals surface area contributed by atoms with Crippen LogP contribution in [0.4, 0.5) is 17.1 Å². The Labute approximate surface area is 373 Å². The summed E-state index contributed by atoms with van der Waals surface area (Å²) >= 11 is 0. The van der Waals surface area contributed by atoms with Crippen LogP contribution in [0.2, 0.25) is 0 Å². The fraction of sp³-hybridized carbons (Fsp3) is 0.460. The molecule has 0 aliphatic heterocycles. The summed E-state index contributed by atoms with van der Waals surface area (Å²) in [5, 5.41) is 7.48. The van der Waals surface area contributed by atoms with Crippen LogP contribution < -0.4 is 67.7 Å². The summed E-state index contributed by atoms with van der Waals surface area (Å²) in [6.45, 7) is 10.9. The third kappa shape index (κ3) is 13.6. The highest BCUT2D eigenvalue weighted by Crippen LogP contribution is 2.24. The molecule has 0 unspecified atom stereocenters. The van der Waals surface area contributed by atoms with Crippen molar-refractivity contribution in [1.29, 1.82) is 0 Å². The average Bonchev–Trinajstić information content (AvgIpc) is 3.20. The second kappa shape index (κ2) is 25.7. The van der Waals surface area contributed by atoms with Crippen LogP contribution in [0.3, 0.4) is 0 Å². The molecule has 6 rings (SSSR count). The van der Waals surface area contributed by atoms with Crippen LogP contribution in [0.1, 0.15) is 120 Å². The molecule has 3 aromatic heterocycles. The van der Waals surface area contributed by atoms with Crippen LogP contribution in [0, 0.1) is 20.8 Å². The summed E-state index contributed by atoms with van der Waals surface area (Å²) in [5.74, 6) is 0. The predicted octanol–water partition coefficient (Wildman–Crippen LogP) is 2.16. The Bertz CT molecular complexity index is 2190. The van der Waals surface area contributed by atoms with E-state index in [2.05, 4.69) is 131 Å². The van der Waals surface area contributed by atoms with Gasteiger partial charge in [0.25, 0.3) is 0 Å². The Kier molecular flexibility index (Phi) is 21.6. The highest BCUT2D eigenvalue weighted by molar-refractivity contribution is 5.90. The number of hydrogen-bond acceptors (Lipinski definition) is 3. The number of benzene rings is 3. The van der Waals surface area contributed by atoms with Crippen LogP contribution in [-0.4, -0.2) is 6.54 Å². The van der Waals surface area contributed by atoms with Gasteiger partial charge in [0.1, 0.15) is 19.6 Å². The molecule has 0 aliphatic rings. The molecule has 59 heavy (non-hydrogen) atoms. The van der Waals surface area contributed by atoms with Crippen LogP contribution in [0.15, 0.2) is 91.0 Å². The molecule has 0 bridgehead atoms. The highest BCUT2D eigenvalue weighted by Gasteiger charge is 2.18. The van der Waals surface area contributed by atoms with E-state index in [-0.39, 0.29) is 37.2 Å². The van der Waals surface area contributed by atoms with Crippen molar-refractivity contribution in [3.05, 3.63) is 108 Å². The van der Waals surface area contributed by atoms with E-state index in [9.17, 15) is 0 Å². The van der Waals surface area contributed by atoms with Gasteiger partial charge < -0.3 is 54.0 Å². The minimum Gasteiger partial charge on any atom is -1.00 e. The van der Waals surface area contributed by atoms with Gasteiger partial charge in [-0.3, -0.25) is 0 Å². The quantitative estimate of drug-likeness (QED) is 0.0684. The van der Waals surface area contributed by atoms with Gasteiger partial charge in [-0.25, -0.2) is 0 Å². The molecule has 0 amide bonds. The molecule has 0 radical (unpaired) electrons. The maximum Gasteiger partial charge on any atom is 0.214 e. The first-order chi connectivity index (χ1) is 27.4. The van der Waals surface area contributed by atoms with Crippen molar-refractivity contribution in [3.63, 3.8) is 0 Å². The summed E-state index contributed by atoms with van der Waals surface area (Å²) in [6.07, 6.45) is 20.7. The third-order valence-electron chi connectivity index (χ3n) is 12.0. The van der Waals surface area contributed by atoms with E-state index in [1.165, 1.54) is 147 Å². The Morgan fingerprint density at radius 3 is 1.10 bits per heavy atom. The molecule has 6 aromatic rings. The number of unbranched alkanes of at least 4 members (excludes halogenated alkanes) is 14. The number of hydrogen-bond donors (Lipinski definition) is 3. The first-order valence-corrected chi connectivity index (χ1v) is 21.9. The van der Waals surface area contributed by atoms with Crippen LogP contribution in [-0.2, 0) is 19.6 Å². The number of aromatic nitrogens is 3. The Morgan fingerprint density at radius 1 is 0.390 bits per heavy atom. The monoisotopic (exact) mass is 858 g/mol. The fourth-order valence-electron chi connectivity index (χ4n) is 8.85. The van der Waals surface area contributed by atoms with Gasteiger partial charge in [-0.05, 0) is 43.9 Å². The first-order valence-electron chi connectivity index (χ1n) is 21.9. The van der Waals surface area contributed by atoms with Crippen LogP contribution in [0.5, 0.6) is 0 Å². The number of halogens is 3. The minimum absolute atomic E-state index is 0. The van der Waals surface area contributed by atoms with Crippen molar-refractivity contribution in [2.45, 2.75) is 143 Å². The summed E-state index contributed by atoms with van der Waals surface area (Å²) in [6, 6.07) is 32.6. The number of nitrogen functional groups attached to an aromatic ring is 2. The highest BCUT2D eigenvalue weighted by atomic mass is 35.5. The van der Waals surface area contributed by atoms with Crippen molar-refractivity contribution in [1.82, 2.24) is 0 Å². The molecule has 6 nitrogen and oxygen atoms in total. The third-order valence-corrected chi connectivity index (χ3v) is 12.0. The minimum atomic E-state index is 0. The number of rotatable bonds is 23. The lowest BCUT2D eigenvalue weighted by Crippen LogP contribution is -3.00. The van der Waals surface area contributed by atoms with Gasteiger partial charge in [0.15, 0.2) is 17.1 Å². The zero-order chi connectivity index (χ0) is 39.1. The molecular weight excluding hydrogens is 791 g/mol. The SMILES string of the molecule is Cc1cc(N)c2ccccc2[n+]1CCCCCCCCCCNc1cc(C)[n+](CCCCCCCCCC[n+]2c(C)cc(N)c3ccccc32)c2ccccc12.[Cl-].[Cl-].[Cl-]. The molecule has 3 heterocycles. The van der Waals surface area contributed by atoms with Gasteiger partial charge in [0, 0.05) is 83.0 Å². The zero-order valence-electron chi connectivity index (χ0n) is 35.9. The molecule has 0 aliphatic carbocycles. The lowest BCUT2D eigenvalue weighted by molar-refractivity contribution is -0.678. The van der Waals surface area contributed by atoms with Gasteiger partial charge >= 0.3 is 0 Å². The second-order valence-corrected chi connectivity index (χ2v) is 16.3. The largest absolute Gasteiger partial charge is 1.00 e. The van der Waals surface area contributed by atoms with Gasteiger partial charge in [0.05, 0.1) is 33.2 Å². The lowest BCUT2D eigenvalue weighted by Gasteiger charge is -2.12. The van der Waals surface area contributed by atoms with E-state index >= 15 is 0 Å². The molecule has 9 heteroatoms. The summed E-state index contributed by atoms with van der Waals surface area (Å²) in [5.41, 5.74) is 23.3. The molecule has 0 saturated heterocycles. The van der Waals surface area contributed by atoms with Crippen molar-refractivity contribution >= 4 is 49.8 Å². The molecule has 0 atom stereocenters. The molecular formula is C50H69Cl3N6. The maximum absolute atomic E-state index is 6.29. The number of fused-ring (bicyclic) bond motifs is 3. The molecule has 3 aromatic carbocycles. The van der Waals surface area contributed by atoms with Gasteiger partial charge in [-0.15, -0.1) is 0 Å². The Morgan fingerprint density at radius 2 is 0.695 bits per heavy atom. The molecule has 0 saturated carbocycles. The van der Waals surface area contributed by atoms with E-state index in [1.54, 1.807) is 0 Å². The van der Waals surface area contributed by atoms with Gasteiger partial charge in [-0.2, -0.15) is 13.7 Å². The molecule has 320 valence electrons. The van der Waals surface area contributed by atoms with Crippen LogP contribution in [0.25, 0.3) is 32.7 Å². The van der Waals surface area contributed by atoms with E-state index < -0.39 is 0 Å². The van der Waals surface area contributed by atoms with E-state index in [0.717, 1.165) is 48.3 Å². The molecule has 0 fully saturated rings. The zero-order valence-corrected chi connectivity index (χ0v) is 38.2. The smallest absolute Gasteiger partial charge is 0.214 e. The number of para-hydroxylation sites is 3. The predicted molar refractivity (Wildman–Crippen MR) is 238 cm³/mol. The van der Waals surface area contributed by atoms with Crippen LogP contribution >= 0.6 is 0 Å². The number of pyridine rings is 3. The van der Waals surface area contributed by atoms with E-state index in [0.29, 0.717) is 0 Å². The molecule has 5 N–H and O–H groups in total. The number of anilines is 3. The number of nitrogens with zero attached hydrogens (tertiary/aromatic N) is 3. The molecule has 0 spiro atoms. The maximum atomic E-state index is 6.29. The lowest BCUT2D eigenvalue weighted by atomic mass is 10.1. The summed E-state index contributed by atoms with van der Waals surface area (Å²) in [7, 11) is 0. The van der Waals surface area contributed by atoms with E-state index in [4.69, 9.17) is 11.5 Å².